The molecule has 0 amide bonds. The zero-order valence-electron chi connectivity index (χ0n) is 9.72. The van der Waals surface area contributed by atoms with Crippen LogP contribution in [0.15, 0.2) is 18.2 Å². The summed E-state index contributed by atoms with van der Waals surface area (Å²) in [6, 6.07) is 5.88. The Morgan fingerprint density at radius 2 is 2.28 bits per heavy atom. The minimum atomic E-state index is -0.895. The summed E-state index contributed by atoms with van der Waals surface area (Å²) in [5.41, 5.74) is -0.534. The van der Waals surface area contributed by atoms with Crippen LogP contribution in [-0.4, -0.2) is 10.7 Å². The molecule has 5 nitrogen and oxygen atoms in total. The van der Waals surface area contributed by atoms with Crippen molar-refractivity contribution >= 4 is 23.1 Å². The van der Waals surface area contributed by atoms with E-state index in [1.807, 2.05) is 13.0 Å². The van der Waals surface area contributed by atoms with Crippen molar-refractivity contribution in [2.45, 2.75) is 19.8 Å². The second-order valence-corrected chi connectivity index (χ2v) is 4.13. The van der Waals surface area contributed by atoms with Crippen LogP contribution in [0.2, 0.25) is 5.02 Å². The number of benzene rings is 1. The Kier molecular flexibility index (Phi) is 4.81. The van der Waals surface area contributed by atoms with Crippen LogP contribution < -0.4 is 0 Å². The summed E-state index contributed by atoms with van der Waals surface area (Å²) < 4.78 is 0. The topological polar surface area (TPSA) is 84.0 Å². The van der Waals surface area contributed by atoms with Gasteiger partial charge in [0.05, 0.1) is 16.0 Å². The Labute approximate surface area is 109 Å². The molecule has 0 bridgehead atoms. The second-order valence-electron chi connectivity index (χ2n) is 3.73. The fourth-order valence-electron chi connectivity index (χ4n) is 1.63. The van der Waals surface area contributed by atoms with Gasteiger partial charge in [-0.05, 0) is 12.5 Å². The number of nitrogens with zero attached hydrogens (tertiary/aromatic N) is 2. The molecule has 0 aromatic heterocycles. The molecule has 1 aromatic rings. The summed E-state index contributed by atoms with van der Waals surface area (Å²) in [6.07, 6.45) is 1.000. The first-order valence-electron chi connectivity index (χ1n) is 5.39. The molecule has 18 heavy (non-hydrogen) atoms. The summed E-state index contributed by atoms with van der Waals surface area (Å²) in [7, 11) is 0. The maximum atomic E-state index is 12.1. The molecule has 0 radical (unpaired) electrons. The second kappa shape index (κ2) is 6.12. The molecule has 0 fully saturated rings. The average Bonchev–Trinajstić information content (AvgIpc) is 2.34. The maximum Gasteiger partial charge on any atom is 0.281 e. The van der Waals surface area contributed by atoms with Gasteiger partial charge in [-0.15, -0.1) is 0 Å². The van der Waals surface area contributed by atoms with Crippen LogP contribution in [0, 0.1) is 27.4 Å². The molecule has 94 valence electrons. The van der Waals surface area contributed by atoms with Crippen molar-refractivity contribution in [3.05, 3.63) is 38.9 Å². The van der Waals surface area contributed by atoms with Crippen molar-refractivity contribution in [1.82, 2.24) is 0 Å². The highest BCUT2D eigenvalue weighted by Crippen LogP contribution is 2.29. The molecular formula is C12H11ClN2O3. The van der Waals surface area contributed by atoms with E-state index in [1.165, 1.54) is 18.2 Å². The first kappa shape index (κ1) is 14.1. The molecule has 0 saturated carbocycles. The van der Waals surface area contributed by atoms with E-state index in [0.717, 1.165) is 0 Å². The number of carbonyl (C=O) groups excluding carboxylic acids is 1. The van der Waals surface area contributed by atoms with Crippen LogP contribution >= 0.6 is 11.6 Å². The number of hydrogen-bond donors (Lipinski definition) is 0. The standard InChI is InChI=1S/C12H11ClN2O3/c1-2-4-8(7-14)12(16)11-9(13)5-3-6-10(11)15(17)18/h3,5-6,8H,2,4H2,1H3. The molecule has 0 spiro atoms. The molecular weight excluding hydrogens is 256 g/mol. The zero-order valence-corrected chi connectivity index (χ0v) is 10.5. The van der Waals surface area contributed by atoms with Crippen LogP contribution in [0.1, 0.15) is 30.1 Å². The third-order valence-electron chi connectivity index (χ3n) is 2.48. The van der Waals surface area contributed by atoms with Crippen LogP contribution in [0.5, 0.6) is 0 Å². The van der Waals surface area contributed by atoms with Crippen LogP contribution in [0.25, 0.3) is 0 Å². The number of hydrogen-bond acceptors (Lipinski definition) is 4. The van der Waals surface area contributed by atoms with Crippen molar-refractivity contribution in [2.24, 2.45) is 5.92 Å². The molecule has 6 heteroatoms. The van der Waals surface area contributed by atoms with E-state index >= 15 is 0 Å². The Hall–Kier alpha value is -1.93. The highest BCUT2D eigenvalue weighted by Gasteiger charge is 2.28. The number of Topliss-reactive ketones (excluding diaryl/α,β-unsaturated/α-hetero) is 1. The quantitative estimate of drug-likeness (QED) is 0.465. The largest absolute Gasteiger partial charge is 0.292 e. The minimum absolute atomic E-state index is 0.00514. The number of halogens is 1. The molecule has 0 aliphatic heterocycles. The lowest BCUT2D eigenvalue weighted by Crippen LogP contribution is -2.15. The fraction of sp³-hybridized carbons (Fsp3) is 0.333. The van der Waals surface area contributed by atoms with E-state index in [0.29, 0.717) is 12.8 Å². The Morgan fingerprint density at radius 1 is 1.61 bits per heavy atom. The Morgan fingerprint density at radius 3 is 2.78 bits per heavy atom. The highest BCUT2D eigenvalue weighted by atomic mass is 35.5. The molecule has 0 aliphatic carbocycles. The van der Waals surface area contributed by atoms with Gasteiger partial charge in [-0.25, -0.2) is 0 Å². The van der Waals surface area contributed by atoms with Gasteiger partial charge in [-0.2, -0.15) is 5.26 Å². The van der Waals surface area contributed by atoms with E-state index in [2.05, 4.69) is 0 Å². The van der Waals surface area contributed by atoms with E-state index < -0.39 is 16.6 Å². The summed E-state index contributed by atoms with van der Waals surface area (Å²) in [6.45, 7) is 1.83. The number of ketones is 1. The van der Waals surface area contributed by atoms with Crippen molar-refractivity contribution in [2.75, 3.05) is 0 Å². The third kappa shape index (κ3) is 2.84. The fourth-order valence-corrected chi connectivity index (χ4v) is 1.89. The molecule has 0 heterocycles. The minimum Gasteiger partial charge on any atom is -0.292 e. The van der Waals surface area contributed by atoms with Crippen molar-refractivity contribution in [3.8, 4) is 6.07 Å². The first-order valence-corrected chi connectivity index (χ1v) is 5.77. The van der Waals surface area contributed by atoms with Crippen molar-refractivity contribution < 1.29 is 9.72 Å². The van der Waals surface area contributed by atoms with Gasteiger partial charge < -0.3 is 0 Å². The van der Waals surface area contributed by atoms with E-state index in [9.17, 15) is 14.9 Å². The normalized spacial score (nSPS) is 11.6. The molecule has 1 unspecified atom stereocenters. The number of nitro benzene ring substituents is 1. The van der Waals surface area contributed by atoms with E-state index in [4.69, 9.17) is 16.9 Å². The predicted molar refractivity (Wildman–Crippen MR) is 66.4 cm³/mol. The number of nitro groups is 1. The van der Waals surface area contributed by atoms with Crippen LogP contribution in [0.3, 0.4) is 0 Å². The van der Waals surface area contributed by atoms with Crippen molar-refractivity contribution in [3.63, 3.8) is 0 Å². The lowest BCUT2D eigenvalue weighted by molar-refractivity contribution is -0.385. The van der Waals surface area contributed by atoms with Gasteiger partial charge >= 0.3 is 0 Å². The zero-order chi connectivity index (χ0) is 13.7. The summed E-state index contributed by atoms with van der Waals surface area (Å²) in [4.78, 5) is 22.3. The summed E-state index contributed by atoms with van der Waals surface area (Å²) in [5, 5.41) is 19.8. The van der Waals surface area contributed by atoms with E-state index in [1.54, 1.807) is 0 Å². The summed E-state index contributed by atoms with van der Waals surface area (Å²) in [5.74, 6) is -1.48. The SMILES string of the molecule is CCCC(C#N)C(=O)c1c(Cl)cccc1[N+](=O)[O-]. The van der Waals surface area contributed by atoms with Gasteiger partial charge in [0.2, 0.25) is 0 Å². The van der Waals surface area contributed by atoms with Gasteiger partial charge in [0.15, 0.2) is 5.78 Å². The van der Waals surface area contributed by atoms with Gasteiger partial charge in [-0.1, -0.05) is 31.0 Å². The predicted octanol–water partition coefficient (Wildman–Crippen LogP) is 3.37. The van der Waals surface area contributed by atoms with Gasteiger partial charge in [0.25, 0.3) is 5.69 Å². The first-order chi connectivity index (χ1) is 8.52. The smallest absolute Gasteiger partial charge is 0.281 e. The lowest BCUT2D eigenvalue weighted by atomic mass is 9.94. The highest BCUT2D eigenvalue weighted by molar-refractivity contribution is 6.34. The number of nitriles is 1. The Bertz CT molecular complexity index is 523. The van der Waals surface area contributed by atoms with Gasteiger partial charge in [0.1, 0.15) is 11.5 Å². The molecule has 0 aliphatic rings. The molecule has 1 rings (SSSR count). The Balaban J connectivity index is 3.28. The monoisotopic (exact) mass is 266 g/mol. The maximum absolute atomic E-state index is 12.1. The third-order valence-corrected chi connectivity index (χ3v) is 2.80. The van der Waals surface area contributed by atoms with Crippen LogP contribution in [-0.2, 0) is 0 Å². The average molecular weight is 267 g/mol. The van der Waals surface area contributed by atoms with Gasteiger partial charge in [-0.3, -0.25) is 14.9 Å². The van der Waals surface area contributed by atoms with Crippen molar-refractivity contribution in [1.29, 1.82) is 5.26 Å². The summed E-state index contributed by atoms with van der Waals surface area (Å²) >= 11 is 5.83. The van der Waals surface area contributed by atoms with Crippen LogP contribution in [0.4, 0.5) is 5.69 Å². The van der Waals surface area contributed by atoms with Gasteiger partial charge in [0, 0.05) is 6.07 Å². The lowest BCUT2D eigenvalue weighted by Gasteiger charge is -2.08. The molecule has 0 saturated heterocycles. The number of carbonyl (C=O) groups is 1. The molecule has 1 atom stereocenters. The van der Waals surface area contributed by atoms with E-state index in [-0.39, 0.29) is 16.3 Å². The molecule has 0 N–H and O–H groups in total. The number of rotatable bonds is 5. The molecule has 1 aromatic carbocycles.